The monoisotopic (exact) mass is 405 g/mol. The molecule has 134 valence electrons. The van der Waals surface area contributed by atoms with Crippen LogP contribution in [0.2, 0.25) is 10.0 Å². The lowest BCUT2D eigenvalue weighted by Crippen LogP contribution is -2.48. The van der Waals surface area contributed by atoms with Gasteiger partial charge in [-0.3, -0.25) is 4.79 Å². The van der Waals surface area contributed by atoms with Crippen LogP contribution in [0.3, 0.4) is 0 Å². The highest BCUT2D eigenvalue weighted by molar-refractivity contribution is 7.22. The number of aryl methyl sites for hydroxylation is 1. The Morgan fingerprint density at radius 2 is 1.73 bits per heavy atom. The van der Waals surface area contributed by atoms with E-state index in [1.807, 2.05) is 24.0 Å². The van der Waals surface area contributed by atoms with E-state index < -0.39 is 0 Å². The van der Waals surface area contributed by atoms with Crippen LogP contribution in [0, 0.1) is 6.92 Å². The van der Waals surface area contributed by atoms with E-state index in [9.17, 15) is 4.79 Å². The quantitative estimate of drug-likeness (QED) is 0.609. The lowest BCUT2D eigenvalue weighted by molar-refractivity contribution is 0.0747. The number of hydrogen-bond acceptors (Lipinski definition) is 4. The third-order valence-corrected chi connectivity index (χ3v) is 6.44. The predicted molar refractivity (Wildman–Crippen MR) is 109 cm³/mol. The third-order valence-electron chi connectivity index (χ3n) is 4.61. The van der Waals surface area contributed by atoms with Crippen molar-refractivity contribution in [2.45, 2.75) is 6.92 Å². The maximum Gasteiger partial charge on any atom is 0.253 e. The molecule has 1 saturated heterocycles. The molecule has 0 atom stereocenters. The zero-order valence-electron chi connectivity index (χ0n) is 14.2. The molecule has 0 spiro atoms. The molecule has 0 saturated carbocycles. The molecule has 1 aliphatic heterocycles. The van der Waals surface area contributed by atoms with Crippen LogP contribution in [-0.2, 0) is 0 Å². The zero-order chi connectivity index (χ0) is 18.3. The van der Waals surface area contributed by atoms with E-state index in [-0.39, 0.29) is 5.91 Å². The van der Waals surface area contributed by atoms with E-state index in [0.717, 1.165) is 39.0 Å². The summed E-state index contributed by atoms with van der Waals surface area (Å²) < 4.78 is 1.03. The number of halogens is 2. The van der Waals surface area contributed by atoms with Crippen molar-refractivity contribution < 1.29 is 4.79 Å². The molecule has 1 amide bonds. The maximum absolute atomic E-state index is 12.6. The zero-order valence-corrected chi connectivity index (χ0v) is 16.5. The molecule has 1 fully saturated rings. The van der Waals surface area contributed by atoms with E-state index in [0.29, 0.717) is 23.7 Å². The number of amides is 1. The van der Waals surface area contributed by atoms with Gasteiger partial charge >= 0.3 is 0 Å². The second-order valence-corrected chi connectivity index (χ2v) is 8.15. The first kappa shape index (κ1) is 17.6. The molecule has 0 N–H and O–H groups in total. The van der Waals surface area contributed by atoms with Gasteiger partial charge in [0.05, 0.1) is 15.2 Å². The first-order valence-corrected chi connectivity index (χ1v) is 9.95. The largest absolute Gasteiger partial charge is 0.345 e. The van der Waals surface area contributed by atoms with Crippen LogP contribution < -0.4 is 4.90 Å². The SMILES string of the molecule is Cc1ccc(Cl)c2sc(N3CCN(C(=O)c4ccc(Cl)cc4)CC3)nc12. The van der Waals surface area contributed by atoms with Gasteiger partial charge in [-0.05, 0) is 42.8 Å². The van der Waals surface area contributed by atoms with Crippen molar-refractivity contribution >= 4 is 55.8 Å². The molecule has 0 aliphatic carbocycles. The molecule has 2 heterocycles. The minimum atomic E-state index is 0.0458. The van der Waals surface area contributed by atoms with Crippen molar-refractivity contribution in [1.82, 2.24) is 9.88 Å². The van der Waals surface area contributed by atoms with Gasteiger partial charge in [0.2, 0.25) is 0 Å². The molecule has 7 heteroatoms. The average molecular weight is 406 g/mol. The lowest BCUT2D eigenvalue weighted by Gasteiger charge is -2.34. The highest BCUT2D eigenvalue weighted by atomic mass is 35.5. The highest BCUT2D eigenvalue weighted by Gasteiger charge is 2.24. The summed E-state index contributed by atoms with van der Waals surface area (Å²) in [5.74, 6) is 0.0458. The Bertz CT molecular complexity index is 924. The molecule has 1 aliphatic rings. The van der Waals surface area contributed by atoms with Crippen LogP contribution in [0.1, 0.15) is 15.9 Å². The molecule has 26 heavy (non-hydrogen) atoms. The Balaban J connectivity index is 1.48. The molecular formula is C19H17Cl2N3OS. The van der Waals surface area contributed by atoms with Gasteiger partial charge in [-0.1, -0.05) is 40.6 Å². The smallest absolute Gasteiger partial charge is 0.253 e. The van der Waals surface area contributed by atoms with E-state index in [4.69, 9.17) is 28.2 Å². The second kappa shape index (κ2) is 7.06. The maximum atomic E-state index is 12.6. The van der Waals surface area contributed by atoms with Crippen LogP contribution >= 0.6 is 34.5 Å². The highest BCUT2D eigenvalue weighted by Crippen LogP contribution is 2.35. The summed E-state index contributed by atoms with van der Waals surface area (Å²) >= 11 is 13.8. The normalized spacial score (nSPS) is 14.9. The Morgan fingerprint density at radius 3 is 2.38 bits per heavy atom. The first-order chi connectivity index (χ1) is 12.5. The van der Waals surface area contributed by atoms with Crippen LogP contribution in [0.25, 0.3) is 10.2 Å². The number of benzene rings is 2. The number of nitrogens with zero attached hydrogens (tertiary/aromatic N) is 3. The van der Waals surface area contributed by atoms with Crippen molar-refractivity contribution in [3.05, 3.63) is 57.6 Å². The molecule has 4 rings (SSSR count). The van der Waals surface area contributed by atoms with E-state index in [1.165, 1.54) is 0 Å². The molecule has 1 aromatic heterocycles. The van der Waals surface area contributed by atoms with Crippen molar-refractivity contribution in [3.63, 3.8) is 0 Å². The standard InChI is InChI=1S/C19H17Cl2N3OS/c1-12-2-7-15(21)17-16(12)22-19(26-17)24-10-8-23(9-11-24)18(25)13-3-5-14(20)6-4-13/h2-7H,8-11H2,1H3. The van der Waals surface area contributed by atoms with Crippen LogP contribution in [0.15, 0.2) is 36.4 Å². The fourth-order valence-corrected chi connectivity index (χ4v) is 4.60. The predicted octanol–water partition coefficient (Wildman–Crippen LogP) is 4.87. The van der Waals surface area contributed by atoms with E-state index >= 15 is 0 Å². The van der Waals surface area contributed by atoms with Gasteiger partial charge in [-0.25, -0.2) is 4.98 Å². The van der Waals surface area contributed by atoms with Gasteiger partial charge in [0, 0.05) is 36.8 Å². The van der Waals surface area contributed by atoms with Gasteiger partial charge in [0.25, 0.3) is 5.91 Å². The molecular weight excluding hydrogens is 389 g/mol. The number of piperazine rings is 1. The Hall–Kier alpha value is -1.82. The Morgan fingerprint density at radius 1 is 1.04 bits per heavy atom. The topological polar surface area (TPSA) is 36.4 Å². The van der Waals surface area contributed by atoms with E-state index in [1.54, 1.807) is 35.6 Å². The van der Waals surface area contributed by atoms with E-state index in [2.05, 4.69) is 4.90 Å². The number of aromatic nitrogens is 1. The first-order valence-electron chi connectivity index (χ1n) is 8.38. The van der Waals surface area contributed by atoms with Crippen molar-refractivity contribution in [1.29, 1.82) is 0 Å². The summed E-state index contributed by atoms with van der Waals surface area (Å²) in [7, 11) is 0. The van der Waals surface area contributed by atoms with Crippen LogP contribution in [0.4, 0.5) is 5.13 Å². The Labute approximate surface area is 166 Å². The number of carbonyl (C=O) groups excluding carboxylic acids is 1. The molecule has 0 unspecified atom stereocenters. The van der Waals surface area contributed by atoms with Crippen molar-refractivity contribution in [2.75, 3.05) is 31.1 Å². The summed E-state index contributed by atoms with van der Waals surface area (Å²) in [4.78, 5) is 21.5. The number of thiazole rings is 1. The summed E-state index contributed by atoms with van der Waals surface area (Å²) in [6, 6.07) is 11.0. The van der Waals surface area contributed by atoms with Crippen LogP contribution in [0.5, 0.6) is 0 Å². The fourth-order valence-electron chi connectivity index (χ4n) is 3.10. The molecule has 4 nitrogen and oxygen atoms in total. The Kier molecular flexibility index (Phi) is 4.78. The number of rotatable bonds is 2. The minimum absolute atomic E-state index is 0.0458. The van der Waals surface area contributed by atoms with Crippen molar-refractivity contribution in [2.24, 2.45) is 0 Å². The van der Waals surface area contributed by atoms with Gasteiger partial charge in [-0.2, -0.15) is 0 Å². The molecule has 0 radical (unpaired) electrons. The molecule has 0 bridgehead atoms. The third kappa shape index (κ3) is 3.27. The second-order valence-electron chi connectivity index (χ2n) is 6.32. The summed E-state index contributed by atoms with van der Waals surface area (Å²) in [6.45, 7) is 4.91. The van der Waals surface area contributed by atoms with Gasteiger partial charge in [0.1, 0.15) is 0 Å². The number of carbonyl (C=O) groups is 1. The van der Waals surface area contributed by atoms with Gasteiger partial charge in [0.15, 0.2) is 5.13 Å². The summed E-state index contributed by atoms with van der Waals surface area (Å²) in [5.41, 5.74) is 2.77. The minimum Gasteiger partial charge on any atom is -0.345 e. The number of fused-ring (bicyclic) bond motifs is 1. The molecule has 3 aromatic rings. The average Bonchev–Trinajstić information content (AvgIpc) is 3.12. The van der Waals surface area contributed by atoms with Gasteiger partial charge < -0.3 is 9.80 Å². The molecule has 2 aromatic carbocycles. The van der Waals surface area contributed by atoms with Crippen molar-refractivity contribution in [3.8, 4) is 0 Å². The lowest BCUT2D eigenvalue weighted by atomic mass is 10.2. The fraction of sp³-hybridized carbons (Fsp3) is 0.263. The number of anilines is 1. The van der Waals surface area contributed by atoms with Crippen LogP contribution in [-0.4, -0.2) is 42.0 Å². The van der Waals surface area contributed by atoms with Gasteiger partial charge in [-0.15, -0.1) is 0 Å². The summed E-state index contributed by atoms with van der Waals surface area (Å²) in [6.07, 6.45) is 0. The number of hydrogen-bond donors (Lipinski definition) is 0. The summed E-state index contributed by atoms with van der Waals surface area (Å²) in [5, 5.41) is 2.34.